The molecule has 2 heterocycles. The molecule has 0 bridgehead atoms. The summed E-state index contributed by atoms with van der Waals surface area (Å²) in [4.78, 5) is 14.5. The highest BCUT2D eigenvalue weighted by atomic mass is 16.5. The Morgan fingerprint density at radius 2 is 2.17 bits per heavy atom. The Morgan fingerprint density at radius 1 is 1.33 bits per heavy atom. The largest absolute Gasteiger partial charge is 0.361 e. The molecule has 1 saturated heterocycles. The highest BCUT2D eigenvalue weighted by molar-refractivity contribution is 5.90. The predicted molar refractivity (Wildman–Crippen MR) is 94.1 cm³/mol. The predicted octanol–water partition coefficient (Wildman–Crippen LogP) is 4.61. The Bertz CT molecular complexity index is 723. The molecule has 3 rings (SSSR count). The molecule has 128 valence electrons. The molecule has 2 amide bonds. The summed E-state index contributed by atoms with van der Waals surface area (Å²) in [5.74, 6) is 0.897. The number of aryl methyl sites for hydroxylation is 3. The molecule has 1 unspecified atom stereocenters. The van der Waals surface area contributed by atoms with Gasteiger partial charge in [-0.05, 0) is 56.4 Å². The van der Waals surface area contributed by atoms with E-state index < -0.39 is 0 Å². The summed E-state index contributed by atoms with van der Waals surface area (Å²) < 4.78 is 5.38. The summed E-state index contributed by atoms with van der Waals surface area (Å²) in [7, 11) is 0. The van der Waals surface area contributed by atoms with Gasteiger partial charge in [-0.1, -0.05) is 18.1 Å². The molecule has 1 fully saturated rings. The molecule has 0 saturated carbocycles. The first-order valence-electron chi connectivity index (χ1n) is 8.69. The van der Waals surface area contributed by atoms with Gasteiger partial charge in [-0.2, -0.15) is 0 Å². The number of carbonyl (C=O) groups is 1. The van der Waals surface area contributed by atoms with E-state index >= 15 is 0 Å². The van der Waals surface area contributed by atoms with Gasteiger partial charge < -0.3 is 14.7 Å². The normalized spacial score (nSPS) is 17.3. The lowest BCUT2D eigenvalue weighted by molar-refractivity contribution is 0.204. The lowest BCUT2D eigenvalue weighted by atomic mass is 10.1. The van der Waals surface area contributed by atoms with E-state index in [0.29, 0.717) is 0 Å². The maximum absolute atomic E-state index is 12.7. The third kappa shape index (κ3) is 3.45. The minimum atomic E-state index is -0.0687. The van der Waals surface area contributed by atoms with E-state index in [9.17, 15) is 4.79 Å². The van der Waals surface area contributed by atoms with Crippen LogP contribution in [-0.4, -0.2) is 22.6 Å². The minimum absolute atomic E-state index is 0.00546. The molecule has 1 N–H and O–H groups in total. The van der Waals surface area contributed by atoms with Crippen molar-refractivity contribution in [3.8, 4) is 0 Å². The van der Waals surface area contributed by atoms with Crippen LogP contribution in [0.15, 0.2) is 28.8 Å². The number of rotatable bonds is 4. The maximum Gasteiger partial charge on any atom is 0.322 e. The molecule has 5 nitrogen and oxygen atoms in total. The first kappa shape index (κ1) is 16.6. The summed E-state index contributed by atoms with van der Waals surface area (Å²) in [5, 5.41) is 7.20. The van der Waals surface area contributed by atoms with Crippen molar-refractivity contribution >= 4 is 11.7 Å². The van der Waals surface area contributed by atoms with E-state index in [1.807, 2.05) is 36.1 Å². The SMILES string of the molecule is CCCc1cc(C2CCCN2C(=O)Nc2ccc(C)c(C)c2)no1. The van der Waals surface area contributed by atoms with Gasteiger partial charge in [0.15, 0.2) is 0 Å². The molecule has 1 aliphatic rings. The van der Waals surface area contributed by atoms with Crippen LogP contribution in [0.5, 0.6) is 0 Å². The van der Waals surface area contributed by atoms with E-state index in [1.54, 1.807) is 0 Å². The summed E-state index contributed by atoms with van der Waals surface area (Å²) in [6, 6.07) is 7.91. The maximum atomic E-state index is 12.7. The highest BCUT2D eigenvalue weighted by Gasteiger charge is 2.32. The summed E-state index contributed by atoms with van der Waals surface area (Å²) in [6.45, 7) is 6.97. The Morgan fingerprint density at radius 3 is 2.92 bits per heavy atom. The zero-order chi connectivity index (χ0) is 17.1. The Balaban J connectivity index is 1.71. The number of urea groups is 1. The van der Waals surface area contributed by atoms with Crippen molar-refractivity contribution in [1.29, 1.82) is 0 Å². The van der Waals surface area contributed by atoms with Gasteiger partial charge >= 0.3 is 6.03 Å². The fourth-order valence-corrected chi connectivity index (χ4v) is 3.18. The van der Waals surface area contributed by atoms with Gasteiger partial charge in [0.1, 0.15) is 11.5 Å². The molecular formula is C19H25N3O2. The van der Waals surface area contributed by atoms with E-state index in [2.05, 4.69) is 24.3 Å². The lowest BCUT2D eigenvalue weighted by Gasteiger charge is -2.23. The van der Waals surface area contributed by atoms with Gasteiger partial charge in [0.05, 0.1) is 6.04 Å². The van der Waals surface area contributed by atoms with Crippen LogP contribution in [0.2, 0.25) is 0 Å². The van der Waals surface area contributed by atoms with Crippen molar-refractivity contribution in [3.63, 3.8) is 0 Å². The number of likely N-dealkylation sites (tertiary alicyclic amines) is 1. The van der Waals surface area contributed by atoms with Crippen molar-refractivity contribution in [3.05, 3.63) is 46.8 Å². The Hall–Kier alpha value is -2.30. The lowest BCUT2D eigenvalue weighted by Crippen LogP contribution is -2.34. The molecular weight excluding hydrogens is 302 g/mol. The second kappa shape index (κ2) is 7.07. The van der Waals surface area contributed by atoms with Gasteiger partial charge in [0, 0.05) is 24.7 Å². The molecule has 5 heteroatoms. The summed E-state index contributed by atoms with van der Waals surface area (Å²) >= 11 is 0. The van der Waals surface area contributed by atoms with Gasteiger partial charge in [0.2, 0.25) is 0 Å². The van der Waals surface area contributed by atoms with Crippen LogP contribution in [0.1, 0.15) is 54.8 Å². The second-order valence-electron chi connectivity index (χ2n) is 6.55. The number of nitrogens with one attached hydrogen (secondary N) is 1. The van der Waals surface area contributed by atoms with Crippen molar-refractivity contribution in [1.82, 2.24) is 10.1 Å². The van der Waals surface area contributed by atoms with Gasteiger partial charge in [-0.3, -0.25) is 0 Å². The number of benzene rings is 1. The average Bonchev–Trinajstić information content (AvgIpc) is 3.20. The minimum Gasteiger partial charge on any atom is -0.361 e. The fourth-order valence-electron chi connectivity index (χ4n) is 3.18. The van der Waals surface area contributed by atoms with Crippen molar-refractivity contribution in [2.75, 3.05) is 11.9 Å². The molecule has 24 heavy (non-hydrogen) atoms. The molecule has 1 aliphatic heterocycles. The van der Waals surface area contributed by atoms with Crippen LogP contribution >= 0.6 is 0 Å². The van der Waals surface area contributed by atoms with Crippen molar-refractivity contribution < 1.29 is 9.32 Å². The van der Waals surface area contributed by atoms with Crippen molar-refractivity contribution in [2.24, 2.45) is 0 Å². The number of hydrogen-bond acceptors (Lipinski definition) is 3. The molecule has 0 spiro atoms. The van der Waals surface area contributed by atoms with Crippen LogP contribution in [0.4, 0.5) is 10.5 Å². The number of carbonyl (C=O) groups excluding carboxylic acids is 1. The number of hydrogen-bond donors (Lipinski definition) is 1. The number of amides is 2. The molecule has 1 aromatic heterocycles. The highest BCUT2D eigenvalue weighted by Crippen LogP contribution is 2.32. The summed E-state index contributed by atoms with van der Waals surface area (Å²) in [6.07, 6.45) is 3.82. The molecule has 1 aromatic carbocycles. The van der Waals surface area contributed by atoms with Crippen LogP contribution < -0.4 is 5.32 Å². The van der Waals surface area contributed by atoms with E-state index in [1.165, 1.54) is 11.1 Å². The van der Waals surface area contributed by atoms with Gasteiger partial charge in [0.25, 0.3) is 0 Å². The van der Waals surface area contributed by atoms with Gasteiger partial charge in [-0.15, -0.1) is 0 Å². The molecule has 0 radical (unpaired) electrons. The quantitative estimate of drug-likeness (QED) is 0.892. The third-order valence-electron chi connectivity index (χ3n) is 4.69. The third-order valence-corrected chi connectivity index (χ3v) is 4.69. The number of nitrogens with zero attached hydrogens (tertiary/aromatic N) is 2. The van der Waals surface area contributed by atoms with Crippen LogP contribution in [0.3, 0.4) is 0 Å². The van der Waals surface area contributed by atoms with Crippen LogP contribution in [0, 0.1) is 13.8 Å². The monoisotopic (exact) mass is 327 g/mol. The number of aromatic nitrogens is 1. The van der Waals surface area contributed by atoms with Gasteiger partial charge in [-0.25, -0.2) is 4.79 Å². The molecule has 0 aliphatic carbocycles. The standard InChI is InChI=1S/C19H25N3O2/c1-4-6-16-12-17(21-24-16)18-7-5-10-22(18)19(23)20-15-9-8-13(2)14(3)11-15/h8-9,11-12,18H,4-7,10H2,1-3H3,(H,20,23). The zero-order valence-electron chi connectivity index (χ0n) is 14.6. The number of anilines is 1. The van der Waals surface area contributed by atoms with E-state index in [-0.39, 0.29) is 12.1 Å². The Kier molecular flexibility index (Phi) is 4.88. The van der Waals surface area contributed by atoms with E-state index in [4.69, 9.17) is 4.52 Å². The van der Waals surface area contributed by atoms with Crippen LogP contribution in [-0.2, 0) is 6.42 Å². The second-order valence-corrected chi connectivity index (χ2v) is 6.55. The zero-order valence-corrected chi connectivity index (χ0v) is 14.6. The first-order chi connectivity index (χ1) is 11.6. The Labute approximate surface area is 143 Å². The fraction of sp³-hybridized carbons (Fsp3) is 0.474. The average molecular weight is 327 g/mol. The van der Waals surface area contributed by atoms with Crippen molar-refractivity contribution in [2.45, 2.75) is 52.5 Å². The molecule has 2 aromatic rings. The molecule has 1 atom stereocenters. The first-order valence-corrected chi connectivity index (χ1v) is 8.69. The topological polar surface area (TPSA) is 58.4 Å². The smallest absolute Gasteiger partial charge is 0.322 e. The summed E-state index contributed by atoms with van der Waals surface area (Å²) in [5.41, 5.74) is 4.09. The van der Waals surface area contributed by atoms with E-state index in [0.717, 1.165) is 49.4 Å². The van der Waals surface area contributed by atoms with Crippen LogP contribution in [0.25, 0.3) is 0 Å².